The summed E-state index contributed by atoms with van der Waals surface area (Å²) < 4.78 is 13.5. The first-order chi connectivity index (χ1) is 8.06. The van der Waals surface area contributed by atoms with Gasteiger partial charge in [0, 0.05) is 25.2 Å². The average molecular weight is 351 g/mol. The van der Waals surface area contributed by atoms with Crippen LogP contribution in [0.2, 0.25) is 0 Å². The summed E-state index contributed by atoms with van der Waals surface area (Å²) >= 11 is 1.71. The Kier molecular flexibility index (Phi) is 5.29. The monoisotopic (exact) mass is 351 g/mol. The fourth-order valence-electron chi connectivity index (χ4n) is 1.18. The molecule has 0 aliphatic heterocycles. The second-order valence-corrected chi connectivity index (χ2v) is 4.29. The molecule has 17 heavy (non-hydrogen) atoms. The van der Waals surface area contributed by atoms with Crippen LogP contribution in [0.4, 0.5) is 15.8 Å². The van der Waals surface area contributed by atoms with Crippen LogP contribution in [0.1, 0.15) is 0 Å². The molecule has 0 atom stereocenters. The number of rotatable bonds is 5. The summed E-state index contributed by atoms with van der Waals surface area (Å²) in [6, 6.07) is 2.32. The van der Waals surface area contributed by atoms with Gasteiger partial charge in [0.15, 0.2) is 0 Å². The summed E-state index contributed by atoms with van der Waals surface area (Å²) in [6.45, 7) is 0.753. The summed E-state index contributed by atoms with van der Waals surface area (Å²) in [5.41, 5.74) is 5.27. The number of hydrogen-bond donors (Lipinski definition) is 2. The highest BCUT2D eigenvalue weighted by Crippen LogP contribution is 2.28. The minimum Gasteiger partial charge on any atom is -0.376 e. The predicted molar refractivity (Wildman–Crippen MR) is 72.5 cm³/mol. The average Bonchev–Trinajstić information content (AvgIpc) is 2.28. The van der Waals surface area contributed by atoms with Gasteiger partial charge in [-0.25, -0.2) is 4.39 Å². The van der Waals surface area contributed by atoms with Gasteiger partial charge in [-0.3, -0.25) is 10.1 Å². The Labute approximate surface area is 111 Å². The summed E-state index contributed by atoms with van der Waals surface area (Å²) in [5.74, 6) is -0.485. The summed E-state index contributed by atoms with van der Waals surface area (Å²) in [7, 11) is 0. The lowest BCUT2D eigenvalue weighted by Gasteiger charge is -2.05. The van der Waals surface area contributed by atoms with Gasteiger partial charge in [0.1, 0.15) is 11.5 Å². The molecular formula is C10H11FIN3O2. The topological polar surface area (TPSA) is 81.2 Å². The molecule has 1 rings (SSSR count). The number of anilines is 1. The Morgan fingerprint density at radius 3 is 2.82 bits per heavy atom. The van der Waals surface area contributed by atoms with Gasteiger partial charge in [-0.05, 0) is 22.6 Å². The highest BCUT2D eigenvalue weighted by Gasteiger charge is 2.16. The van der Waals surface area contributed by atoms with E-state index in [9.17, 15) is 14.5 Å². The van der Waals surface area contributed by atoms with E-state index >= 15 is 0 Å². The van der Waals surface area contributed by atoms with Gasteiger partial charge >= 0.3 is 0 Å². The summed E-state index contributed by atoms with van der Waals surface area (Å²) in [5, 5.41) is 13.5. The van der Waals surface area contributed by atoms with Crippen LogP contribution in [0.25, 0.3) is 0 Å². The van der Waals surface area contributed by atoms with E-state index in [4.69, 9.17) is 5.73 Å². The Morgan fingerprint density at radius 1 is 1.53 bits per heavy atom. The largest absolute Gasteiger partial charge is 0.376 e. The molecule has 0 radical (unpaired) electrons. The number of nitrogens with one attached hydrogen (secondary N) is 1. The van der Waals surface area contributed by atoms with Crippen molar-refractivity contribution in [1.82, 2.24) is 0 Å². The number of nitro benzene ring substituents is 1. The normalized spacial score (nSPS) is 10.8. The van der Waals surface area contributed by atoms with E-state index < -0.39 is 10.7 Å². The second-order valence-electron chi connectivity index (χ2n) is 3.13. The molecule has 0 bridgehead atoms. The van der Waals surface area contributed by atoms with Crippen molar-refractivity contribution in [3.8, 4) is 0 Å². The fourth-order valence-corrected chi connectivity index (χ4v) is 1.63. The van der Waals surface area contributed by atoms with Gasteiger partial charge in [-0.2, -0.15) is 0 Å². The van der Waals surface area contributed by atoms with E-state index in [1.165, 1.54) is 6.07 Å². The van der Waals surface area contributed by atoms with Crippen LogP contribution in [-0.2, 0) is 0 Å². The minimum atomic E-state index is -0.545. The number of nitrogens with two attached hydrogens (primary N) is 1. The molecule has 1 aromatic carbocycles. The van der Waals surface area contributed by atoms with Crippen LogP contribution in [0.5, 0.6) is 0 Å². The third-order valence-electron chi connectivity index (χ3n) is 1.95. The minimum absolute atomic E-state index is 0.142. The van der Waals surface area contributed by atoms with E-state index in [-0.39, 0.29) is 14.9 Å². The zero-order valence-corrected chi connectivity index (χ0v) is 11.0. The lowest BCUT2D eigenvalue weighted by atomic mass is 10.2. The van der Waals surface area contributed by atoms with Crippen LogP contribution in [-0.4, -0.2) is 18.0 Å². The molecule has 0 aliphatic carbocycles. The van der Waals surface area contributed by atoms with Crippen LogP contribution < -0.4 is 11.1 Å². The van der Waals surface area contributed by atoms with Crippen LogP contribution in [0.3, 0.4) is 0 Å². The molecule has 0 aromatic heterocycles. The number of nitrogens with zero attached hydrogens (tertiary/aromatic N) is 1. The van der Waals surface area contributed by atoms with Crippen LogP contribution >= 0.6 is 22.6 Å². The van der Waals surface area contributed by atoms with Gasteiger partial charge in [-0.1, -0.05) is 12.2 Å². The SMILES string of the molecule is NC/C=C/CNc1cc(F)c(I)cc1[N+](=O)[O-]. The first kappa shape index (κ1) is 13.8. The van der Waals surface area contributed by atoms with E-state index in [1.54, 1.807) is 34.7 Å². The first-order valence-electron chi connectivity index (χ1n) is 4.78. The molecule has 1 aromatic rings. The Hall–Kier alpha value is -1.22. The van der Waals surface area contributed by atoms with Gasteiger partial charge in [-0.15, -0.1) is 0 Å². The maximum Gasteiger partial charge on any atom is 0.293 e. The van der Waals surface area contributed by atoms with Crippen molar-refractivity contribution in [2.75, 3.05) is 18.4 Å². The Balaban J connectivity index is 2.92. The lowest BCUT2D eigenvalue weighted by molar-refractivity contribution is -0.384. The highest BCUT2D eigenvalue weighted by atomic mass is 127. The smallest absolute Gasteiger partial charge is 0.293 e. The first-order valence-corrected chi connectivity index (χ1v) is 5.86. The molecular weight excluding hydrogens is 340 g/mol. The van der Waals surface area contributed by atoms with E-state index in [0.717, 1.165) is 6.07 Å². The van der Waals surface area contributed by atoms with E-state index in [1.807, 2.05) is 0 Å². The zero-order chi connectivity index (χ0) is 12.8. The van der Waals surface area contributed by atoms with Crippen molar-refractivity contribution in [1.29, 1.82) is 0 Å². The van der Waals surface area contributed by atoms with Gasteiger partial charge in [0.25, 0.3) is 5.69 Å². The van der Waals surface area contributed by atoms with Crippen molar-refractivity contribution in [2.45, 2.75) is 0 Å². The molecule has 3 N–H and O–H groups in total. The van der Waals surface area contributed by atoms with E-state index in [2.05, 4.69) is 5.32 Å². The van der Waals surface area contributed by atoms with Crippen molar-refractivity contribution in [3.05, 3.63) is 43.8 Å². The second kappa shape index (κ2) is 6.50. The number of hydrogen-bond acceptors (Lipinski definition) is 4. The van der Waals surface area contributed by atoms with Crippen molar-refractivity contribution < 1.29 is 9.31 Å². The van der Waals surface area contributed by atoms with Crippen LogP contribution in [0, 0.1) is 19.5 Å². The molecule has 5 nitrogen and oxygen atoms in total. The number of benzene rings is 1. The standard InChI is InChI=1S/C10H11FIN3O2/c11-7-5-9(14-4-2-1-3-13)10(15(16)17)6-8(7)12/h1-2,5-6,14H,3-4,13H2/b2-1+. The maximum absolute atomic E-state index is 13.3. The Bertz CT molecular complexity index is 451. The Morgan fingerprint density at radius 2 is 2.24 bits per heavy atom. The summed E-state index contributed by atoms with van der Waals surface area (Å²) in [4.78, 5) is 10.2. The fraction of sp³-hybridized carbons (Fsp3) is 0.200. The molecule has 0 saturated heterocycles. The molecule has 0 spiro atoms. The molecule has 7 heteroatoms. The molecule has 0 aliphatic rings. The van der Waals surface area contributed by atoms with Gasteiger partial charge in [0.2, 0.25) is 0 Å². The quantitative estimate of drug-likeness (QED) is 0.369. The molecule has 0 unspecified atom stereocenters. The molecule has 0 fully saturated rings. The van der Waals surface area contributed by atoms with Crippen molar-refractivity contribution >= 4 is 34.0 Å². The van der Waals surface area contributed by atoms with Gasteiger partial charge < -0.3 is 11.1 Å². The zero-order valence-electron chi connectivity index (χ0n) is 8.82. The number of halogens is 2. The summed E-state index contributed by atoms with van der Waals surface area (Å²) in [6.07, 6.45) is 3.43. The third kappa shape index (κ3) is 3.93. The van der Waals surface area contributed by atoms with E-state index in [0.29, 0.717) is 13.1 Å². The molecule has 0 amide bonds. The number of nitro groups is 1. The maximum atomic E-state index is 13.3. The third-order valence-corrected chi connectivity index (χ3v) is 2.78. The molecule has 0 saturated carbocycles. The predicted octanol–water partition coefficient (Wildman–Crippen LogP) is 2.27. The highest BCUT2D eigenvalue weighted by molar-refractivity contribution is 14.1. The van der Waals surface area contributed by atoms with Crippen molar-refractivity contribution in [3.63, 3.8) is 0 Å². The van der Waals surface area contributed by atoms with Crippen LogP contribution in [0.15, 0.2) is 24.3 Å². The van der Waals surface area contributed by atoms with Gasteiger partial charge in [0.05, 0.1) is 8.49 Å². The molecule has 0 heterocycles. The van der Waals surface area contributed by atoms with Crippen molar-refractivity contribution in [2.24, 2.45) is 5.73 Å². The lowest BCUT2D eigenvalue weighted by Crippen LogP contribution is -2.04. The molecule has 92 valence electrons.